The van der Waals surface area contributed by atoms with E-state index in [-0.39, 0.29) is 18.6 Å². The van der Waals surface area contributed by atoms with Crippen LogP contribution in [0.1, 0.15) is 23.2 Å². The highest BCUT2D eigenvalue weighted by Gasteiger charge is 2.28. The molecule has 0 radical (unpaired) electrons. The summed E-state index contributed by atoms with van der Waals surface area (Å²) in [5.41, 5.74) is 0.615. The van der Waals surface area contributed by atoms with E-state index in [4.69, 9.17) is 0 Å². The predicted octanol–water partition coefficient (Wildman–Crippen LogP) is 0.720. The number of aliphatic hydroxyl groups excluding tert-OH is 1. The molecule has 1 saturated heterocycles. The molecule has 0 spiro atoms. The highest BCUT2D eigenvalue weighted by atomic mass is 16.3. The highest BCUT2D eigenvalue weighted by Crippen LogP contribution is 2.20. The fourth-order valence-electron chi connectivity index (χ4n) is 2.16. The van der Waals surface area contributed by atoms with Crippen LogP contribution in [0.5, 0.6) is 0 Å². The van der Waals surface area contributed by atoms with Gasteiger partial charge in [-0.2, -0.15) is 0 Å². The molecule has 5 nitrogen and oxygen atoms in total. The van der Waals surface area contributed by atoms with Crippen LogP contribution < -0.4 is 5.32 Å². The molecule has 1 unspecified atom stereocenters. The molecular weight excluding hydrogens is 218 g/mol. The summed E-state index contributed by atoms with van der Waals surface area (Å²) in [6.07, 6.45) is 3.45. The van der Waals surface area contributed by atoms with Gasteiger partial charge in [0.05, 0.1) is 12.6 Å². The Morgan fingerprint density at radius 3 is 3.24 bits per heavy atom. The molecule has 2 heterocycles. The van der Waals surface area contributed by atoms with E-state index >= 15 is 0 Å². The molecule has 17 heavy (non-hydrogen) atoms. The van der Waals surface area contributed by atoms with Crippen LogP contribution >= 0.6 is 0 Å². The maximum Gasteiger partial charge on any atom is 0.254 e. The Kier molecular flexibility index (Phi) is 3.58. The van der Waals surface area contributed by atoms with Gasteiger partial charge >= 0.3 is 0 Å². The van der Waals surface area contributed by atoms with Gasteiger partial charge in [-0.05, 0) is 25.0 Å². The summed E-state index contributed by atoms with van der Waals surface area (Å²) in [5, 5.41) is 12.1. The van der Waals surface area contributed by atoms with Crippen molar-refractivity contribution in [1.29, 1.82) is 0 Å². The number of carbonyl (C=O) groups is 1. The van der Waals surface area contributed by atoms with Crippen LogP contribution in [0.4, 0.5) is 5.82 Å². The molecule has 1 aliphatic rings. The molecule has 0 aromatic carbocycles. The van der Waals surface area contributed by atoms with Crippen LogP contribution in [-0.2, 0) is 0 Å². The minimum atomic E-state index is -0.0336. The van der Waals surface area contributed by atoms with E-state index in [1.165, 1.54) is 0 Å². The molecule has 1 aliphatic heterocycles. The van der Waals surface area contributed by atoms with Gasteiger partial charge in [0.1, 0.15) is 5.82 Å². The lowest BCUT2D eigenvalue weighted by Crippen LogP contribution is -2.37. The third-order valence-electron chi connectivity index (χ3n) is 3.11. The maximum absolute atomic E-state index is 12.2. The van der Waals surface area contributed by atoms with E-state index < -0.39 is 0 Å². The first kappa shape index (κ1) is 11.9. The zero-order chi connectivity index (χ0) is 12.3. The van der Waals surface area contributed by atoms with E-state index in [9.17, 15) is 9.90 Å². The molecule has 1 aromatic rings. The van der Waals surface area contributed by atoms with Gasteiger partial charge in [0.2, 0.25) is 0 Å². The lowest BCUT2D eigenvalue weighted by molar-refractivity contribution is 0.0677. The van der Waals surface area contributed by atoms with Crippen molar-refractivity contribution in [1.82, 2.24) is 9.88 Å². The molecule has 5 heteroatoms. The number of amides is 1. The lowest BCUT2D eigenvalue weighted by Gasteiger charge is -2.23. The Morgan fingerprint density at radius 1 is 1.71 bits per heavy atom. The van der Waals surface area contributed by atoms with Gasteiger partial charge in [-0.15, -0.1) is 0 Å². The van der Waals surface area contributed by atoms with Crippen LogP contribution in [0, 0.1) is 0 Å². The quantitative estimate of drug-likeness (QED) is 0.810. The number of aliphatic hydroxyl groups is 1. The van der Waals surface area contributed by atoms with Crippen molar-refractivity contribution < 1.29 is 9.90 Å². The number of hydrogen-bond acceptors (Lipinski definition) is 4. The summed E-state index contributed by atoms with van der Waals surface area (Å²) in [5.74, 6) is 0.649. The third-order valence-corrected chi connectivity index (χ3v) is 3.11. The normalized spacial score (nSPS) is 19.4. The Hall–Kier alpha value is -1.62. The van der Waals surface area contributed by atoms with E-state index in [0.29, 0.717) is 11.4 Å². The van der Waals surface area contributed by atoms with Gasteiger partial charge in [-0.1, -0.05) is 0 Å². The van der Waals surface area contributed by atoms with Gasteiger partial charge in [0, 0.05) is 25.4 Å². The SMILES string of the molecule is CNc1cc(C(=O)N2CCCC2CO)ccn1. The standard InChI is InChI=1S/C12H17N3O2/c1-13-11-7-9(4-5-14-11)12(17)15-6-2-3-10(15)8-16/h4-5,7,10,16H,2-3,6,8H2,1H3,(H,13,14). The third kappa shape index (κ3) is 2.39. The monoisotopic (exact) mass is 235 g/mol. The number of nitrogens with zero attached hydrogens (tertiary/aromatic N) is 2. The number of anilines is 1. The number of pyridine rings is 1. The minimum Gasteiger partial charge on any atom is -0.394 e. The van der Waals surface area contributed by atoms with Crippen LogP contribution in [0.2, 0.25) is 0 Å². The summed E-state index contributed by atoms with van der Waals surface area (Å²) in [6.45, 7) is 0.761. The summed E-state index contributed by atoms with van der Waals surface area (Å²) < 4.78 is 0. The van der Waals surface area contributed by atoms with Crippen molar-refractivity contribution in [2.75, 3.05) is 25.5 Å². The zero-order valence-corrected chi connectivity index (χ0v) is 9.89. The smallest absolute Gasteiger partial charge is 0.254 e. The minimum absolute atomic E-state index is 0.0274. The molecule has 1 amide bonds. The highest BCUT2D eigenvalue weighted by molar-refractivity contribution is 5.95. The predicted molar refractivity (Wildman–Crippen MR) is 64.9 cm³/mol. The molecule has 0 aliphatic carbocycles. The van der Waals surface area contributed by atoms with Crippen molar-refractivity contribution in [3.05, 3.63) is 23.9 Å². The Labute approximate surface area is 100 Å². The largest absolute Gasteiger partial charge is 0.394 e. The number of carbonyl (C=O) groups excluding carboxylic acids is 1. The van der Waals surface area contributed by atoms with Crippen molar-refractivity contribution in [2.24, 2.45) is 0 Å². The maximum atomic E-state index is 12.2. The number of aromatic nitrogens is 1. The summed E-state index contributed by atoms with van der Waals surface area (Å²) in [6, 6.07) is 3.40. The molecule has 1 aromatic heterocycles. The van der Waals surface area contributed by atoms with Gasteiger partial charge in [0.25, 0.3) is 5.91 Å². The average molecular weight is 235 g/mol. The van der Waals surface area contributed by atoms with E-state index in [2.05, 4.69) is 10.3 Å². The molecular formula is C12H17N3O2. The zero-order valence-electron chi connectivity index (χ0n) is 9.89. The van der Waals surface area contributed by atoms with E-state index in [1.807, 2.05) is 0 Å². The van der Waals surface area contributed by atoms with Crippen molar-refractivity contribution >= 4 is 11.7 Å². The topological polar surface area (TPSA) is 65.5 Å². The number of rotatable bonds is 3. The van der Waals surface area contributed by atoms with Crippen LogP contribution in [-0.4, -0.2) is 47.1 Å². The molecule has 0 bridgehead atoms. The van der Waals surface area contributed by atoms with Gasteiger partial charge in [-0.25, -0.2) is 4.98 Å². The summed E-state index contributed by atoms with van der Waals surface area (Å²) in [7, 11) is 1.77. The number of likely N-dealkylation sites (tertiary alicyclic amines) is 1. The summed E-state index contributed by atoms with van der Waals surface area (Å²) >= 11 is 0. The second-order valence-electron chi connectivity index (χ2n) is 4.16. The van der Waals surface area contributed by atoms with Crippen molar-refractivity contribution in [3.63, 3.8) is 0 Å². The second kappa shape index (κ2) is 5.14. The van der Waals surface area contributed by atoms with Crippen LogP contribution in [0.15, 0.2) is 18.3 Å². The fourth-order valence-corrected chi connectivity index (χ4v) is 2.16. The Balaban J connectivity index is 2.18. The van der Waals surface area contributed by atoms with Gasteiger partial charge in [0.15, 0.2) is 0 Å². The van der Waals surface area contributed by atoms with E-state index in [0.717, 1.165) is 19.4 Å². The van der Waals surface area contributed by atoms with Crippen molar-refractivity contribution in [2.45, 2.75) is 18.9 Å². The first-order chi connectivity index (χ1) is 8.26. The number of nitrogens with one attached hydrogen (secondary N) is 1. The molecule has 0 saturated carbocycles. The second-order valence-corrected chi connectivity index (χ2v) is 4.16. The van der Waals surface area contributed by atoms with Crippen LogP contribution in [0.25, 0.3) is 0 Å². The summed E-state index contributed by atoms with van der Waals surface area (Å²) in [4.78, 5) is 18.1. The molecule has 92 valence electrons. The first-order valence-electron chi connectivity index (χ1n) is 5.82. The molecule has 1 fully saturated rings. The van der Waals surface area contributed by atoms with Crippen molar-refractivity contribution in [3.8, 4) is 0 Å². The average Bonchev–Trinajstić information content (AvgIpc) is 2.86. The van der Waals surface area contributed by atoms with E-state index in [1.54, 1.807) is 30.3 Å². The van der Waals surface area contributed by atoms with Crippen LogP contribution in [0.3, 0.4) is 0 Å². The Bertz CT molecular complexity index is 408. The lowest BCUT2D eigenvalue weighted by atomic mass is 10.2. The molecule has 1 atom stereocenters. The fraction of sp³-hybridized carbons (Fsp3) is 0.500. The number of hydrogen-bond donors (Lipinski definition) is 2. The first-order valence-corrected chi connectivity index (χ1v) is 5.82. The van der Waals surface area contributed by atoms with Gasteiger partial charge in [-0.3, -0.25) is 4.79 Å². The Morgan fingerprint density at radius 2 is 2.53 bits per heavy atom. The van der Waals surface area contributed by atoms with Gasteiger partial charge < -0.3 is 15.3 Å². The molecule has 2 rings (SSSR count). The molecule has 2 N–H and O–H groups in total.